The van der Waals surface area contributed by atoms with E-state index in [1.54, 1.807) is 6.92 Å². The van der Waals surface area contributed by atoms with Gasteiger partial charge in [0, 0.05) is 12.8 Å². The molecule has 0 fully saturated rings. The Bertz CT molecular complexity index is 895. The van der Waals surface area contributed by atoms with E-state index >= 15 is 0 Å². The Morgan fingerprint density at radius 3 is 2.62 bits per heavy atom. The molecular formula is C22H24N2O5. The summed E-state index contributed by atoms with van der Waals surface area (Å²) >= 11 is 0. The first-order valence-corrected chi connectivity index (χ1v) is 9.29. The highest BCUT2D eigenvalue weighted by Gasteiger charge is 2.32. The molecule has 2 N–H and O–H groups in total. The lowest BCUT2D eigenvalue weighted by Crippen LogP contribution is -2.45. The molecular weight excluding hydrogens is 372 g/mol. The normalized spacial score (nSPS) is 16.1. The van der Waals surface area contributed by atoms with Crippen molar-refractivity contribution in [2.75, 3.05) is 20.3 Å². The number of benzene rings is 2. The van der Waals surface area contributed by atoms with Crippen LogP contribution in [0.5, 0.6) is 5.75 Å². The molecule has 0 bridgehead atoms. The molecule has 0 spiro atoms. The monoisotopic (exact) mass is 396 g/mol. The first-order valence-electron chi connectivity index (χ1n) is 9.29. The molecule has 0 aromatic heterocycles. The second-order valence-electron chi connectivity index (χ2n) is 6.55. The second-order valence-corrected chi connectivity index (χ2v) is 6.55. The van der Waals surface area contributed by atoms with Crippen LogP contribution in [0.15, 0.2) is 65.9 Å². The van der Waals surface area contributed by atoms with Crippen molar-refractivity contribution in [3.05, 3.63) is 77.0 Å². The molecule has 2 amide bonds. The fourth-order valence-corrected chi connectivity index (χ4v) is 3.03. The van der Waals surface area contributed by atoms with Crippen LogP contribution in [-0.2, 0) is 20.9 Å². The summed E-state index contributed by atoms with van der Waals surface area (Å²) < 4.78 is 16.1. The number of amides is 2. The summed E-state index contributed by atoms with van der Waals surface area (Å²) in [5.74, 6) is 0.136. The number of urea groups is 1. The molecule has 0 aliphatic carbocycles. The van der Waals surface area contributed by atoms with E-state index in [0.29, 0.717) is 30.2 Å². The zero-order valence-corrected chi connectivity index (χ0v) is 16.4. The lowest BCUT2D eigenvalue weighted by atomic mass is 9.95. The predicted molar refractivity (Wildman–Crippen MR) is 107 cm³/mol. The van der Waals surface area contributed by atoms with Gasteiger partial charge in [-0.25, -0.2) is 9.59 Å². The van der Waals surface area contributed by atoms with Crippen molar-refractivity contribution in [3.8, 4) is 5.75 Å². The number of nitrogens with one attached hydrogen (secondary N) is 2. The average molecular weight is 396 g/mol. The van der Waals surface area contributed by atoms with Crippen molar-refractivity contribution >= 4 is 12.0 Å². The van der Waals surface area contributed by atoms with E-state index in [2.05, 4.69) is 10.6 Å². The van der Waals surface area contributed by atoms with Gasteiger partial charge < -0.3 is 24.8 Å². The minimum absolute atomic E-state index is 0.132. The van der Waals surface area contributed by atoms with Crippen molar-refractivity contribution < 1.29 is 23.8 Å². The summed E-state index contributed by atoms with van der Waals surface area (Å²) in [4.78, 5) is 24.6. The Morgan fingerprint density at radius 2 is 1.86 bits per heavy atom. The number of rotatable bonds is 8. The van der Waals surface area contributed by atoms with Gasteiger partial charge in [0.15, 0.2) is 0 Å². The molecule has 0 saturated carbocycles. The molecule has 29 heavy (non-hydrogen) atoms. The molecule has 3 rings (SSSR count). The zero-order chi connectivity index (χ0) is 20.6. The molecule has 1 aliphatic rings. The van der Waals surface area contributed by atoms with Gasteiger partial charge in [0.1, 0.15) is 19.0 Å². The van der Waals surface area contributed by atoms with Gasteiger partial charge in [-0.3, -0.25) is 0 Å². The molecule has 1 atom stereocenters. The summed E-state index contributed by atoms with van der Waals surface area (Å²) in [6.07, 6.45) is 0. The Hall–Kier alpha value is -3.32. The van der Waals surface area contributed by atoms with Crippen LogP contribution < -0.4 is 15.4 Å². The van der Waals surface area contributed by atoms with E-state index in [4.69, 9.17) is 14.2 Å². The van der Waals surface area contributed by atoms with E-state index in [-0.39, 0.29) is 12.6 Å². The SMILES string of the molecule is COCCOC(=O)C1=C(C)NC(=O)N[C@@H]1c1cccc(OCc2ccccc2)c1. The number of hydrogen-bond acceptors (Lipinski definition) is 5. The van der Waals surface area contributed by atoms with Crippen LogP contribution in [0, 0.1) is 0 Å². The van der Waals surface area contributed by atoms with Crippen LogP contribution in [0.2, 0.25) is 0 Å². The van der Waals surface area contributed by atoms with Crippen LogP contribution in [0.1, 0.15) is 24.1 Å². The molecule has 152 valence electrons. The summed E-state index contributed by atoms with van der Waals surface area (Å²) in [7, 11) is 1.53. The number of allylic oxidation sites excluding steroid dienone is 1. The smallest absolute Gasteiger partial charge is 0.338 e. The number of carbonyl (C=O) groups excluding carboxylic acids is 2. The van der Waals surface area contributed by atoms with Gasteiger partial charge in [-0.15, -0.1) is 0 Å². The number of esters is 1. The number of methoxy groups -OCH3 is 1. The molecule has 2 aromatic rings. The summed E-state index contributed by atoms with van der Waals surface area (Å²) in [5, 5.41) is 5.42. The topological polar surface area (TPSA) is 85.9 Å². The highest BCUT2D eigenvalue weighted by Crippen LogP contribution is 2.29. The fourth-order valence-electron chi connectivity index (χ4n) is 3.03. The van der Waals surface area contributed by atoms with E-state index in [0.717, 1.165) is 11.1 Å². The van der Waals surface area contributed by atoms with Gasteiger partial charge in [0.05, 0.1) is 18.2 Å². The quantitative estimate of drug-likeness (QED) is 0.529. The van der Waals surface area contributed by atoms with Crippen molar-refractivity contribution in [1.29, 1.82) is 0 Å². The third-order valence-electron chi connectivity index (χ3n) is 4.45. The first-order chi connectivity index (χ1) is 14.1. The summed E-state index contributed by atoms with van der Waals surface area (Å²) in [5.41, 5.74) is 2.58. The molecule has 1 aliphatic heterocycles. The molecule has 2 aromatic carbocycles. The van der Waals surface area contributed by atoms with E-state index in [1.807, 2.05) is 54.6 Å². The third kappa shape index (κ3) is 5.36. The van der Waals surface area contributed by atoms with Crippen LogP contribution in [-0.4, -0.2) is 32.3 Å². The van der Waals surface area contributed by atoms with Crippen LogP contribution >= 0.6 is 0 Å². The van der Waals surface area contributed by atoms with Gasteiger partial charge in [0.2, 0.25) is 0 Å². The minimum Gasteiger partial charge on any atom is -0.489 e. The zero-order valence-electron chi connectivity index (χ0n) is 16.4. The van der Waals surface area contributed by atoms with Gasteiger partial charge in [-0.1, -0.05) is 42.5 Å². The second kappa shape index (κ2) is 9.75. The van der Waals surface area contributed by atoms with Crippen LogP contribution in [0.4, 0.5) is 4.79 Å². The maximum atomic E-state index is 12.6. The predicted octanol–water partition coefficient (Wildman–Crippen LogP) is 3.08. The molecule has 0 radical (unpaired) electrons. The van der Waals surface area contributed by atoms with E-state index in [9.17, 15) is 9.59 Å². The Balaban J connectivity index is 1.80. The minimum atomic E-state index is -0.640. The summed E-state index contributed by atoms with van der Waals surface area (Å²) in [6.45, 7) is 2.52. The van der Waals surface area contributed by atoms with Crippen LogP contribution in [0.25, 0.3) is 0 Å². The fraction of sp³-hybridized carbons (Fsp3) is 0.273. The lowest BCUT2D eigenvalue weighted by Gasteiger charge is -2.28. The van der Waals surface area contributed by atoms with Crippen molar-refractivity contribution in [1.82, 2.24) is 10.6 Å². The third-order valence-corrected chi connectivity index (χ3v) is 4.45. The molecule has 1 heterocycles. The van der Waals surface area contributed by atoms with Crippen LogP contribution in [0.3, 0.4) is 0 Å². The Labute approximate surface area is 169 Å². The summed E-state index contributed by atoms with van der Waals surface area (Å²) in [6, 6.07) is 16.1. The lowest BCUT2D eigenvalue weighted by molar-refractivity contribution is -0.140. The number of hydrogen-bond donors (Lipinski definition) is 2. The van der Waals surface area contributed by atoms with E-state index < -0.39 is 12.0 Å². The molecule has 0 unspecified atom stereocenters. The Morgan fingerprint density at radius 1 is 1.07 bits per heavy atom. The maximum Gasteiger partial charge on any atom is 0.338 e. The van der Waals surface area contributed by atoms with Gasteiger partial charge in [0.25, 0.3) is 0 Å². The van der Waals surface area contributed by atoms with Gasteiger partial charge >= 0.3 is 12.0 Å². The molecule has 0 saturated heterocycles. The number of carbonyl (C=O) groups is 2. The van der Waals surface area contributed by atoms with Crippen molar-refractivity contribution in [3.63, 3.8) is 0 Å². The molecule has 7 heteroatoms. The van der Waals surface area contributed by atoms with Crippen molar-refractivity contribution in [2.24, 2.45) is 0 Å². The average Bonchev–Trinajstić information content (AvgIpc) is 2.73. The standard InChI is InChI=1S/C22H24N2O5/c1-15-19(21(25)28-12-11-27-2)20(24-22(26)23-15)17-9-6-10-18(13-17)29-14-16-7-4-3-5-8-16/h3-10,13,20H,11-12,14H2,1-2H3,(H2,23,24,26)/t20-/m1/s1. The van der Waals surface area contributed by atoms with E-state index in [1.165, 1.54) is 7.11 Å². The first kappa shape index (κ1) is 20.4. The Kier molecular flexibility index (Phi) is 6.86. The van der Waals surface area contributed by atoms with Gasteiger partial charge in [-0.2, -0.15) is 0 Å². The van der Waals surface area contributed by atoms with Crippen molar-refractivity contribution in [2.45, 2.75) is 19.6 Å². The molecule has 7 nitrogen and oxygen atoms in total. The number of ether oxygens (including phenoxy) is 3. The highest BCUT2D eigenvalue weighted by molar-refractivity contribution is 5.95. The highest BCUT2D eigenvalue weighted by atomic mass is 16.6. The van der Waals surface area contributed by atoms with Gasteiger partial charge in [-0.05, 0) is 30.2 Å². The largest absolute Gasteiger partial charge is 0.489 e. The maximum absolute atomic E-state index is 12.6.